The molecule has 1 atom stereocenters. The molecule has 0 aliphatic heterocycles. The fraction of sp³-hybridized carbons (Fsp3) is 0.208. The number of ketones is 1. The first-order chi connectivity index (χ1) is 15.0. The predicted octanol–water partition coefficient (Wildman–Crippen LogP) is 4.06. The molecule has 6 nitrogen and oxygen atoms in total. The van der Waals surface area contributed by atoms with Crippen LogP contribution in [0, 0.1) is 0 Å². The van der Waals surface area contributed by atoms with Gasteiger partial charge < -0.3 is 14.2 Å². The van der Waals surface area contributed by atoms with Crippen LogP contribution >= 0.6 is 0 Å². The van der Waals surface area contributed by atoms with E-state index in [-0.39, 0.29) is 12.4 Å². The van der Waals surface area contributed by atoms with Gasteiger partial charge in [0.2, 0.25) is 5.75 Å². The summed E-state index contributed by atoms with van der Waals surface area (Å²) in [6, 6.07) is 16.6. The van der Waals surface area contributed by atoms with E-state index in [2.05, 4.69) is 0 Å². The number of rotatable bonds is 7. The van der Waals surface area contributed by atoms with Crippen molar-refractivity contribution in [1.29, 1.82) is 0 Å². The molecule has 0 heterocycles. The molecule has 4 rings (SSSR count). The second-order valence-electron chi connectivity index (χ2n) is 7.16. The van der Waals surface area contributed by atoms with Gasteiger partial charge in [-0.3, -0.25) is 4.79 Å². The number of nitrogens with two attached hydrogens (primary N) is 1. The van der Waals surface area contributed by atoms with Crippen LogP contribution in [0.4, 0.5) is 0 Å². The predicted molar refractivity (Wildman–Crippen MR) is 119 cm³/mol. The minimum absolute atomic E-state index is 0.164. The number of fused-ring (bicyclic) bond motifs is 1. The summed E-state index contributed by atoms with van der Waals surface area (Å²) in [5.74, 6) is 1.75. The molecule has 31 heavy (non-hydrogen) atoms. The van der Waals surface area contributed by atoms with E-state index in [0.29, 0.717) is 35.0 Å². The Kier molecular flexibility index (Phi) is 6.06. The Hall–Kier alpha value is -3.16. The number of Topliss-reactive ketones (excluding diaryl/α,β-unsaturated/α-hetero) is 1. The number of benzene rings is 3. The Morgan fingerprint density at radius 3 is 2.29 bits per heavy atom. The number of methoxy groups -OCH3 is 2. The summed E-state index contributed by atoms with van der Waals surface area (Å²) in [6.45, 7) is 0.266. The van der Waals surface area contributed by atoms with Crippen molar-refractivity contribution < 1.29 is 23.2 Å². The van der Waals surface area contributed by atoms with Crippen molar-refractivity contribution in [3.05, 3.63) is 71.3 Å². The first kappa shape index (κ1) is 21.1. The monoisotopic (exact) mass is 437 g/mol. The Labute approximate surface area is 183 Å². The molecule has 0 radical (unpaired) electrons. The van der Waals surface area contributed by atoms with E-state index in [4.69, 9.17) is 19.3 Å². The summed E-state index contributed by atoms with van der Waals surface area (Å²) in [4.78, 5) is 12.8. The van der Waals surface area contributed by atoms with Gasteiger partial charge in [0.1, 0.15) is 17.6 Å². The lowest BCUT2D eigenvalue weighted by Gasteiger charge is -2.19. The molecule has 1 unspecified atom stereocenters. The van der Waals surface area contributed by atoms with Crippen molar-refractivity contribution in [2.75, 3.05) is 14.2 Å². The second kappa shape index (κ2) is 8.91. The van der Waals surface area contributed by atoms with E-state index in [1.165, 1.54) is 0 Å². The first-order valence-electron chi connectivity index (χ1n) is 9.81. The number of hydrogen-bond acceptors (Lipinski definition) is 5. The standard InChI is InChI=1S/C24H23NO5S/c1-28-22-13-11-20(17-4-3-5-19-18(17)10-12-21(19)26)23(24(22)29-2)30-14-15-6-8-16(9-7-15)31(25)27/h3-9,11,13H,10,12,14,25H2,1-2H3. The molecule has 160 valence electrons. The van der Waals surface area contributed by atoms with E-state index in [1.54, 1.807) is 26.4 Å². The van der Waals surface area contributed by atoms with Crippen molar-refractivity contribution in [1.82, 2.24) is 0 Å². The average molecular weight is 438 g/mol. The molecule has 3 aromatic carbocycles. The van der Waals surface area contributed by atoms with Crippen molar-refractivity contribution in [2.45, 2.75) is 24.3 Å². The molecule has 7 heteroatoms. The van der Waals surface area contributed by atoms with E-state index < -0.39 is 11.0 Å². The third-order valence-electron chi connectivity index (χ3n) is 5.41. The molecule has 0 amide bonds. The summed E-state index contributed by atoms with van der Waals surface area (Å²) in [7, 11) is 1.62. The van der Waals surface area contributed by atoms with E-state index >= 15 is 0 Å². The highest BCUT2D eigenvalue weighted by atomic mass is 32.2. The quantitative estimate of drug-likeness (QED) is 0.602. The summed E-state index contributed by atoms with van der Waals surface area (Å²) < 4.78 is 28.7. The molecular formula is C24H23NO5S. The van der Waals surface area contributed by atoms with Crippen LogP contribution in [0.15, 0.2) is 59.5 Å². The molecule has 0 fully saturated rings. The zero-order valence-electron chi connectivity index (χ0n) is 17.3. The molecule has 2 N–H and O–H groups in total. The van der Waals surface area contributed by atoms with Crippen molar-refractivity contribution in [2.24, 2.45) is 5.14 Å². The molecule has 3 aromatic rings. The molecule has 0 bridgehead atoms. The Morgan fingerprint density at radius 2 is 1.61 bits per heavy atom. The van der Waals surface area contributed by atoms with Gasteiger partial charge in [0, 0.05) is 17.5 Å². The Morgan fingerprint density at radius 1 is 0.871 bits per heavy atom. The van der Waals surface area contributed by atoms with Gasteiger partial charge in [0.05, 0.1) is 19.1 Å². The van der Waals surface area contributed by atoms with Crippen LogP contribution in [0.25, 0.3) is 11.1 Å². The maximum Gasteiger partial charge on any atom is 0.203 e. The minimum atomic E-state index is -1.52. The van der Waals surface area contributed by atoms with Gasteiger partial charge in [-0.05, 0) is 47.4 Å². The van der Waals surface area contributed by atoms with Gasteiger partial charge in [0.25, 0.3) is 0 Å². The molecule has 1 aliphatic rings. The van der Waals surface area contributed by atoms with Crippen LogP contribution in [0.1, 0.15) is 27.9 Å². The van der Waals surface area contributed by atoms with Crippen LogP contribution in [0.5, 0.6) is 17.2 Å². The topological polar surface area (TPSA) is 87.9 Å². The molecular weight excluding hydrogens is 414 g/mol. The van der Waals surface area contributed by atoms with Crippen molar-refractivity contribution in [3.63, 3.8) is 0 Å². The van der Waals surface area contributed by atoms with Crippen molar-refractivity contribution in [3.8, 4) is 28.4 Å². The number of ether oxygens (including phenoxy) is 3. The normalized spacial score (nSPS) is 13.6. The summed E-state index contributed by atoms with van der Waals surface area (Å²) >= 11 is 0. The highest BCUT2D eigenvalue weighted by Crippen LogP contribution is 2.46. The number of carbonyl (C=O) groups is 1. The smallest absolute Gasteiger partial charge is 0.203 e. The fourth-order valence-corrected chi connectivity index (χ4v) is 4.28. The number of hydrogen-bond donors (Lipinski definition) is 1. The molecule has 1 aliphatic carbocycles. The van der Waals surface area contributed by atoms with Crippen LogP contribution in [-0.4, -0.2) is 24.2 Å². The molecule has 0 spiro atoms. The van der Waals surface area contributed by atoms with Crippen LogP contribution < -0.4 is 19.3 Å². The fourth-order valence-electron chi connectivity index (χ4n) is 3.87. The minimum Gasteiger partial charge on any atom is -0.493 e. The maximum absolute atomic E-state index is 12.2. The number of carbonyl (C=O) groups excluding carboxylic acids is 1. The zero-order valence-corrected chi connectivity index (χ0v) is 18.2. The highest BCUT2D eigenvalue weighted by Gasteiger charge is 2.26. The van der Waals surface area contributed by atoms with Crippen LogP contribution in [0.3, 0.4) is 0 Å². The van der Waals surface area contributed by atoms with Gasteiger partial charge >= 0.3 is 0 Å². The van der Waals surface area contributed by atoms with Gasteiger partial charge in [-0.15, -0.1) is 0 Å². The third kappa shape index (κ3) is 4.06. The maximum atomic E-state index is 12.2. The molecule has 0 saturated carbocycles. The third-order valence-corrected chi connectivity index (χ3v) is 6.14. The van der Waals surface area contributed by atoms with Crippen LogP contribution in [-0.2, 0) is 24.0 Å². The van der Waals surface area contributed by atoms with Gasteiger partial charge in [-0.2, -0.15) is 0 Å². The average Bonchev–Trinajstić information content (AvgIpc) is 3.18. The largest absolute Gasteiger partial charge is 0.493 e. The van der Waals surface area contributed by atoms with E-state index in [0.717, 1.165) is 27.8 Å². The first-order valence-corrected chi connectivity index (χ1v) is 11.0. The molecule has 0 aromatic heterocycles. The second-order valence-corrected chi connectivity index (χ2v) is 8.23. The highest BCUT2D eigenvalue weighted by molar-refractivity contribution is 7.82. The van der Waals surface area contributed by atoms with E-state index in [9.17, 15) is 9.00 Å². The van der Waals surface area contributed by atoms with Crippen molar-refractivity contribution >= 4 is 16.8 Å². The lowest BCUT2D eigenvalue weighted by molar-refractivity contribution is 0.0994. The van der Waals surface area contributed by atoms with Gasteiger partial charge in [-0.1, -0.05) is 30.3 Å². The Bertz CT molecular complexity index is 1160. The summed E-state index contributed by atoms with van der Waals surface area (Å²) in [6.07, 6.45) is 1.22. The SMILES string of the molecule is COc1ccc(-c2cccc3c2CCC3=O)c(OCc2ccc(S(N)=O)cc2)c1OC. The lowest BCUT2D eigenvalue weighted by atomic mass is 9.95. The van der Waals surface area contributed by atoms with Gasteiger partial charge in [0.15, 0.2) is 17.3 Å². The summed E-state index contributed by atoms with van der Waals surface area (Å²) in [5.41, 5.74) is 4.47. The molecule has 0 saturated heterocycles. The zero-order chi connectivity index (χ0) is 22.0. The summed E-state index contributed by atoms with van der Waals surface area (Å²) in [5, 5.41) is 5.42. The Balaban J connectivity index is 1.75. The van der Waals surface area contributed by atoms with Crippen LogP contribution in [0.2, 0.25) is 0 Å². The lowest BCUT2D eigenvalue weighted by Crippen LogP contribution is -2.04. The van der Waals surface area contributed by atoms with E-state index in [1.807, 2.05) is 42.5 Å². The van der Waals surface area contributed by atoms with Gasteiger partial charge in [-0.25, -0.2) is 9.35 Å².